The molecule has 0 aliphatic carbocycles. The third-order valence-electron chi connectivity index (χ3n) is 4.15. The van der Waals surface area contributed by atoms with Crippen LogP contribution in [0, 0.1) is 0 Å². The van der Waals surface area contributed by atoms with Crippen LogP contribution < -0.4 is 15.6 Å². The summed E-state index contributed by atoms with van der Waals surface area (Å²) in [7, 11) is 3.62. The molecule has 1 aromatic carbocycles. The smallest absolute Gasteiger partial charge is 0.387 e. The SMILES string of the molecule is CN=C(NCCCCn1ccccc1=O)N(C)Cc1ccc(OC(F)F)cc1. The fourth-order valence-electron chi connectivity index (χ4n) is 2.76. The largest absolute Gasteiger partial charge is 0.435 e. The molecule has 2 rings (SSSR count). The van der Waals surface area contributed by atoms with Gasteiger partial charge in [0.1, 0.15) is 5.75 Å². The zero-order valence-corrected chi connectivity index (χ0v) is 16.1. The maximum Gasteiger partial charge on any atom is 0.387 e. The van der Waals surface area contributed by atoms with Crippen molar-refractivity contribution < 1.29 is 13.5 Å². The Morgan fingerprint density at radius 3 is 2.61 bits per heavy atom. The highest BCUT2D eigenvalue weighted by molar-refractivity contribution is 5.79. The molecule has 1 aromatic heterocycles. The molecule has 1 N–H and O–H groups in total. The number of nitrogens with zero attached hydrogens (tertiary/aromatic N) is 3. The molecule has 0 radical (unpaired) electrons. The van der Waals surface area contributed by atoms with Gasteiger partial charge in [0.25, 0.3) is 0 Å². The lowest BCUT2D eigenvalue weighted by Crippen LogP contribution is -2.38. The fourth-order valence-corrected chi connectivity index (χ4v) is 2.76. The normalized spacial score (nSPS) is 11.5. The van der Waals surface area contributed by atoms with Crippen LogP contribution in [0.25, 0.3) is 0 Å². The first-order valence-corrected chi connectivity index (χ1v) is 9.10. The quantitative estimate of drug-likeness (QED) is 0.405. The van der Waals surface area contributed by atoms with Crippen LogP contribution in [0.4, 0.5) is 8.78 Å². The van der Waals surface area contributed by atoms with E-state index in [0.717, 1.165) is 30.9 Å². The molecule has 6 nitrogen and oxygen atoms in total. The summed E-state index contributed by atoms with van der Waals surface area (Å²) in [6.07, 6.45) is 3.57. The highest BCUT2D eigenvalue weighted by Crippen LogP contribution is 2.15. The van der Waals surface area contributed by atoms with Crippen molar-refractivity contribution in [1.29, 1.82) is 0 Å². The highest BCUT2D eigenvalue weighted by atomic mass is 19.3. The fraction of sp³-hybridized carbons (Fsp3) is 0.400. The van der Waals surface area contributed by atoms with E-state index in [1.54, 1.807) is 42.1 Å². The van der Waals surface area contributed by atoms with Crippen LogP contribution in [0.3, 0.4) is 0 Å². The van der Waals surface area contributed by atoms with E-state index < -0.39 is 6.61 Å². The van der Waals surface area contributed by atoms with Gasteiger partial charge in [0.2, 0.25) is 5.56 Å². The molecule has 1 heterocycles. The Morgan fingerprint density at radius 2 is 1.96 bits per heavy atom. The Morgan fingerprint density at radius 1 is 1.21 bits per heavy atom. The van der Waals surface area contributed by atoms with Gasteiger partial charge in [-0.05, 0) is 36.6 Å². The first kappa shape index (κ1) is 21.4. The van der Waals surface area contributed by atoms with Gasteiger partial charge in [-0.25, -0.2) is 0 Å². The number of benzene rings is 1. The molecular weight excluding hydrogens is 366 g/mol. The lowest BCUT2D eigenvalue weighted by molar-refractivity contribution is -0.0498. The van der Waals surface area contributed by atoms with E-state index >= 15 is 0 Å². The Kier molecular flexibility index (Phi) is 8.45. The van der Waals surface area contributed by atoms with Gasteiger partial charge in [-0.1, -0.05) is 18.2 Å². The van der Waals surface area contributed by atoms with E-state index in [1.165, 1.54) is 12.1 Å². The van der Waals surface area contributed by atoms with Gasteiger partial charge in [0, 0.05) is 46.0 Å². The van der Waals surface area contributed by atoms with Crippen molar-refractivity contribution in [3.05, 3.63) is 64.6 Å². The molecule has 28 heavy (non-hydrogen) atoms. The monoisotopic (exact) mass is 392 g/mol. The van der Waals surface area contributed by atoms with Gasteiger partial charge in [-0.3, -0.25) is 9.79 Å². The van der Waals surface area contributed by atoms with E-state index in [0.29, 0.717) is 13.1 Å². The predicted molar refractivity (Wildman–Crippen MR) is 106 cm³/mol. The number of hydrogen-bond donors (Lipinski definition) is 1. The first-order valence-electron chi connectivity index (χ1n) is 9.10. The number of pyridine rings is 1. The van der Waals surface area contributed by atoms with Crippen LogP contribution in [0.1, 0.15) is 18.4 Å². The van der Waals surface area contributed by atoms with Crippen molar-refractivity contribution in [3.63, 3.8) is 0 Å². The second-order valence-electron chi connectivity index (χ2n) is 6.29. The third-order valence-corrected chi connectivity index (χ3v) is 4.15. The zero-order valence-electron chi connectivity index (χ0n) is 16.1. The second-order valence-corrected chi connectivity index (χ2v) is 6.29. The molecule has 0 fully saturated rings. The molecule has 0 unspecified atom stereocenters. The van der Waals surface area contributed by atoms with Crippen molar-refractivity contribution >= 4 is 5.96 Å². The Bertz CT molecular complexity index is 806. The number of alkyl halides is 2. The minimum Gasteiger partial charge on any atom is -0.435 e. The van der Waals surface area contributed by atoms with Crippen molar-refractivity contribution in [2.75, 3.05) is 20.6 Å². The number of hydrogen-bond acceptors (Lipinski definition) is 3. The number of guanidine groups is 1. The number of unbranched alkanes of at least 4 members (excludes halogenated alkanes) is 1. The molecule has 0 amide bonds. The molecule has 0 aliphatic rings. The number of rotatable bonds is 9. The van der Waals surface area contributed by atoms with Crippen LogP contribution in [-0.4, -0.2) is 42.7 Å². The Hall–Kier alpha value is -2.90. The summed E-state index contributed by atoms with van der Waals surface area (Å²) < 4.78 is 30.5. The lowest BCUT2D eigenvalue weighted by atomic mass is 10.2. The maximum absolute atomic E-state index is 12.2. The Labute approximate surface area is 163 Å². The summed E-state index contributed by atoms with van der Waals surface area (Å²) in [6.45, 7) is -0.825. The molecule has 0 saturated heterocycles. The van der Waals surface area contributed by atoms with Crippen LogP contribution in [0.15, 0.2) is 58.4 Å². The second kappa shape index (κ2) is 11.1. The third kappa shape index (κ3) is 7.02. The van der Waals surface area contributed by atoms with E-state index in [9.17, 15) is 13.6 Å². The van der Waals surface area contributed by atoms with Gasteiger partial charge in [0.15, 0.2) is 5.96 Å². The number of aromatic nitrogens is 1. The minimum atomic E-state index is -2.82. The van der Waals surface area contributed by atoms with Crippen molar-refractivity contribution in [3.8, 4) is 5.75 Å². The maximum atomic E-state index is 12.2. The first-order chi connectivity index (χ1) is 13.5. The van der Waals surface area contributed by atoms with E-state index in [-0.39, 0.29) is 11.3 Å². The van der Waals surface area contributed by atoms with Gasteiger partial charge in [-0.15, -0.1) is 0 Å². The minimum absolute atomic E-state index is 0.0102. The van der Waals surface area contributed by atoms with E-state index in [4.69, 9.17) is 0 Å². The van der Waals surface area contributed by atoms with Crippen molar-refractivity contribution in [1.82, 2.24) is 14.8 Å². The summed E-state index contributed by atoms with van der Waals surface area (Å²) in [5, 5.41) is 3.29. The number of aliphatic imine (C=N–C) groups is 1. The van der Waals surface area contributed by atoms with Crippen molar-refractivity contribution in [2.45, 2.75) is 32.5 Å². The summed E-state index contributed by atoms with van der Waals surface area (Å²) in [5.41, 5.74) is 0.964. The molecule has 0 bridgehead atoms. The number of nitrogens with one attached hydrogen (secondary N) is 1. The van der Waals surface area contributed by atoms with Crippen LogP contribution in [-0.2, 0) is 13.1 Å². The van der Waals surface area contributed by atoms with Crippen LogP contribution in [0.5, 0.6) is 5.75 Å². The predicted octanol–water partition coefficient (Wildman–Crippen LogP) is 2.94. The molecule has 2 aromatic rings. The number of aryl methyl sites for hydroxylation is 1. The Balaban J connectivity index is 1.74. The summed E-state index contributed by atoms with van der Waals surface area (Å²) >= 11 is 0. The molecule has 8 heteroatoms. The van der Waals surface area contributed by atoms with E-state index in [2.05, 4.69) is 15.0 Å². The van der Waals surface area contributed by atoms with E-state index in [1.807, 2.05) is 18.0 Å². The van der Waals surface area contributed by atoms with Gasteiger partial charge in [-0.2, -0.15) is 8.78 Å². The van der Waals surface area contributed by atoms with Crippen LogP contribution >= 0.6 is 0 Å². The molecule has 152 valence electrons. The van der Waals surface area contributed by atoms with Gasteiger partial charge >= 0.3 is 6.61 Å². The molecule has 0 saturated carbocycles. The molecule has 0 spiro atoms. The summed E-state index contributed by atoms with van der Waals surface area (Å²) in [5.74, 6) is 0.881. The van der Waals surface area contributed by atoms with Gasteiger partial charge in [0.05, 0.1) is 0 Å². The average molecular weight is 392 g/mol. The van der Waals surface area contributed by atoms with Crippen molar-refractivity contribution in [2.24, 2.45) is 4.99 Å². The van der Waals surface area contributed by atoms with Crippen LogP contribution in [0.2, 0.25) is 0 Å². The topological polar surface area (TPSA) is 58.9 Å². The lowest BCUT2D eigenvalue weighted by Gasteiger charge is -2.22. The molecule has 0 aliphatic heterocycles. The highest BCUT2D eigenvalue weighted by Gasteiger charge is 2.08. The number of ether oxygens (including phenoxy) is 1. The average Bonchev–Trinajstić information content (AvgIpc) is 2.67. The molecular formula is C20H26F2N4O2. The number of halogens is 2. The zero-order chi connectivity index (χ0) is 20.4. The summed E-state index contributed by atoms with van der Waals surface area (Å²) in [6, 6.07) is 11.7. The summed E-state index contributed by atoms with van der Waals surface area (Å²) in [4.78, 5) is 17.9. The molecule has 0 atom stereocenters. The standard InChI is InChI=1S/C20H26F2N4O2/c1-23-20(24-12-4-6-14-26-13-5-3-7-18(26)27)25(2)15-16-8-10-17(11-9-16)28-19(21)22/h3,5,7-11,13,19H,4,6,12,14-15H2,1-2H3,(H,23,24). The van der Waals surface area contributed by atoms with Gasteiger partial charge < -0.3 is 19.5 Å².